The van der Waals surface area contributed by atoms with E-state index in [2.05, 4.69) is 54.2 Å². The molecular formula is C19H29ClN2. The van der Waals surface area contributed by atoms with Gasteiger partial charge in [0.15, 0.2) is 0 Å². The van der Waals surface area contributed by atoms with Crippen molar-refractivity contribution in [2.45, 2.75) is 71.0 Å². The minimum atomic E-state index is 0. The second kappa shape index (κ2) is 8.03. The summed E-state index contributed by atoms with van der Waals surface area (Å²) >= 11 is 0. The number of para-hydroxylation sites is 1. The fourth-order valence-electron chi connectivity index (χ4n) is 3.58. The van der Waals surface area contributed by atoms with Crippen molar-refractivity contribution in [2.75, 3.05) is 0 Å². The van der Waals surface area contributed by atoms with Gasteiger partial charge in [-0.15, -0.1) is 12.4 Å². The first-order chi connectivity index (χ1) is 10.3. The Morgan fingerprint density at radius 2 is 1.77 bits per heavy atom. The summed E-state index contributed by atoms with van der Waals surface area (Å²) in [7, 11) is 0. The van der Waals surface area contributed by atoms with Crippen LogP contribution in [0.25, 0.3) is 10.9 Å². The van der Waals surface area contributed by atoms with Crippen LogP contribution in [0.1, 0.15) is 64.0 Å². The van der Waals surface area contributed by atoms with Gasteiger partial charge in [-0.05, 0) is 38.3 Å². The van der Waals surface area contributed by atoms with Crippen LogP contribution in [0, 0.1) is 0 Å². The van der Waals surface area contributed by atoms with Crippen molar-refractivity contribution in [1.29, 1.82) is 0 Å². The molecule has 0 aliphatic heterocycles. The highest BCUT2D eigenvalue weighted by Crippen LogP contribution is 2.25. The molecule has 1 aliphatic rings. The second-order valence-corrected chi connectivity index (χ2v) is 6.74. The van der Waals surface area contributed by atoms with E-state index in [4.69, 9.17) is 0 Å². The Morgan fingerprint density at radius 1 is 1.09 bits per heavy atom. The number of halogens is 1. The number of nitrogens with one attached hydrogen (secondary N) is 1. The zero-order valence-electron chi connectivity index (χ0n) is 13.8. The summed E-state index contributed by atoms with van der Waals surface area (Å²) in [5.74, 6) is 0. The zero-order chi connectivity index (χ0) is 14.7. The fraction of sp³-hybridized carbons (Fsp3) is 0.579. The van der Waals surface area contributed by atoms with Crippen LogP contribution >= 0.6 is 12.4 Å². The molecule has 1 aromatic carbocycles. The van der Waals surface area contributed by atoms with E-state index in [9.17, 15) is 0 Å². The number of hydrogen-bond donors (Lipinski definition) is 1. The molecule has 22 heavy (non-hydrogen) atoms. The van der Waals surface area contributed by atoms with Crippen LogP contribution in [0.3, 0.4) is 0 Å². The molecule has 0 amide bonds. The van der Waals surface area contributed by atoms with Gasteiger partial charge in [0.25, 0.3) is 0 Å². The maximum Gasteiger partial charge on any atom is 0.0486 e. The quantitative estimate of drug-likeness (QED) is 0.740. The number of fused-ring (bicyclic) bond motifs is 1. The average Bonchev–Trinajstić information content (AvgIpc) is 2.67. The number of hydrogen-bond acceptors (Lipinski definition) is 1. The Bertz CT molecular complexity index is 580. The van der Waals surface area contributed by atoms with E-state index in [-0.39, 0.29) is 12.4 Å². The van der Waals surface area contributed by atoms with Gasteiger partial charge in [0.05, 0.1) is 0 Å². The highest BCUT2D eigenvalue weighted by molar-refractivity contribution is 5.85. The van der Waals surface area contributed by atoms with Crippen molar-refractivity contribution in [2.24, 2.45) is 0 Å². The normalized spacial score (nSPS) is 16.7. The largest absolute Gasteiger partial charge is 0.345 e. The Hall–Kier alpha value is -0.990. The molecular weight excluding hydrogens is 292 g/mol. The lowest BCUT2D eigenvalue weighted by molar-refractivity contribution is 0.459. The summed E-state index contributed by atoms with van der Waals surface area (Å²) in [6.45, 7) is 5.52. The predicted molar refractivity (Wildman–Crippen MR) is 97.9 cm³/mol. The molecule has 0 saturated heterocycles. The monoisotopic (exact) mass is 320 g/mol. The molecule has 2 nitrogen and oxygen atoms in total. The molecule has 0 radical (unpaired) electrons. The molecule has 0 atom stereocenters. The second-order valence-electron chi connectivity index (χ2n) is 6.74. The van der Waals surface area contributed by atoms with Gasteiger partial charge in [-0.2, -0.15) is 0 Å². The number of benzene rings is 1. The van der Waals surface area contributed by atoms with Crippen molar-refractivity contribution < 1.29 is 0 Å². The Labute approximate surface area is 140 Å². The van der Waals surface area contributed by atoms with Gasteiger partial charge in [-0.3, -0.25) is 0 Å². The lowest BCUT2D eigenvalue weighted by Gasteiger charge is -2.15. The minimum Gasteiger partial charge on any atom is -0.345 e. The smallest absolute Gasteiger partial charge is 0.0486 e. The average molecular weight is 321 g/mol. The van der Waals surface area contributed by atoms with Crippen LogP contribution < -0.4 is 5.32 Å². The van der Waals surface area contributed by atoms with Gasteiger partial charge in [-0.25, -0.2) is 0 Å². The SMILES string of the molecule is CC(C)n1cc(CNC2CCCCCC2)c2ccccc21.Cl. The van der Waals surface area contributed by atoms with Crippen LogP contribution in [0.4, 0.5) is 0 Å². The lowest BCUT2D eigenvalue weighted by Crippen LogP contribution is -2.27. The van der Waals surface area contributed by atoms with Gasteiger partial charge < -0.3 is 9.88 Å². The van der Waals surface area contributed by atoms with E-state index in [1.165, 1.54) is 55.0 Å². The van der Waals surface area contributed by atoms with E-state index in [0.29, 0.717) is 12.1 Å². The van der Waals surface area contributed by atoms with E-state index in [1.54, 1.807) is 0 Å². The minimum absolute atomic E-state index is 0. The molecule has 1 aliphatic carbocycles. The van der Waals surface area contributed by atoms with E-state index < -0.39 is 0 Å². The van der Waals surface area contributed by atoms with E-state index >= 15 is 0 Å². The Kier molecular flexibility index (Phi) is 6.34. The van der Waals surface area contributed by atoms with Gasteiger partial charge in [-0.1, -0.05) is 43.9 Å². The van der Waals surface area contributed by atoms with Crippen LogP contribution in [-0.2, 0) is 6.54 Å². The summed E-state index contributed by atoms with van der Waals surface area (Å²) in [6.07, 6.45) is 10.7. The van der Waals surface area contributed by atoms with E-state index in [1.807, 2.05) is 0 Å². The molecule has 1 aromatic heterocycles. The number of rotatable bonds is 4. The highest BCUT2D eigenvalue weighted by Gasteiger charge is 2.14. The third-order valence-electron chi connectivity index (χ3n) is 4.82. The molecule has 3 heteroatoms. The molecule has 122 valence electrons. The first-order valence-corrected chi connectivity index (χ1v) is 8.57. The highest BCUT2D eigenvalue weighted by atomic mass is 35.5. The van der Waals surface area contributed by atoms with Crippen molar-refractivity contribution in [3.63, 3.8) is 0 Å². The molecule has 0 spiro atoms. The van der Waals surface area contributed by atoms with Gasteiger partial charge >= 0.3 is 0 Å². The molecule has 0 unspecified atom stereocenters. The first kappa shape index (κ1) is 17.4. The summed E-state index contributed by atoms with van der Waals surface area (Å²) in [5.41, 5.74) is 2.81. The Balaban J connectivity index is 0.00000176. The maximum absolute atomic E-state index is 3.81. The van der Waals surface area contributed by atoms with Crippen LogP contribution in [-0.4, -0.2) is 10.6 Å². The number of nitrogens with zero attached hydrogens (tertiary/aromatic N) is 1. The summed E-state index contributed by atoms with van der Waals surface area (Å²) in [4.78, 5) is 0. The van der Waals surface area contributed by atoms with Gasteiger partial charge in [0, 0.05) is 35.7 Å². The fourth-order valence-corrected chi connectivity index (χ4v) is 3.58. The predicted octanol–water partition coefficient (Wildman–Crippen LogP) is 5.46. The molecule has 2 aromatic rings. The summed E-state index contributed by atoms with van der Waals surface area (Å²) in [5, 5.41) is 5.22. The molecule has 1 heterocycles. The number of aromatic nitrogens is 1. The molecule has 1 fully saturated rings. The van der Waals surface area contributed by atoms with Crippen molar-refractivity contribution in [1.82, 2.24) is 9.88 Å². The third-order valence-corrected chi connectivity index (χ3v) is 4.82. The van der Waals surface area contributed by atoms with Crippen molar-refractivity contribution >= 4 is 23.3 Å². The first-order valence-electron chi connectivity index (χ1n) is 8.57. The summed E-state index contributed by atoms with van der Waals surface area (Å²) < 4.78 is 2.40. The van der Waals surface area contributed by atoms with Crippen molar-refractivity contribution in [3.8, 4) is 0 Å². The van der Waals surface area contributed by atoms with Gasteiger partial charge in [0.1, 0.15) is 0 Å². The Morgan fingerprint density at radius 3 is 2.45 bits per heavy atom. The molecule has 3 rings (SSSR count). The van der Waals surface area contributed by atoms with Crippen LogP contribution in [0.2, 0.25) is 0 Å². The van der Waals surface area contributed by atoms with E-state index in [0.717, 1.165) is 6.54 Å². The lowest BCUT2D eigenvalue weighted by atomic mass is 10.1. The molecule has 1 saturated carbocycles. The van der Waals surface area contributed by atoms with Crippen molar-refractivity contribution in [3.05, 3.63) is 36.0 Å². The summed E-state index contributed by atoms with van der Waals surface area (Å²) in [6, 6.07) is 10.0. The van der Waals surface area contributed by atoms with Crippen LogP contribution in [0.15, 0.2) is 30.5 Å². The molecule has 1 N–H and O–H groups in total. The molecule has 0 bridgehead atoms. The standard InChI is InChI=1S/C19H28N2.ClH/c1-15(2)21-14-16(18-11-7-8-12-19(18)21)13-20-17-9-5-3-4-6-10-17;/h7-8,11-12,14-15,17,20H,3-6,9-10,13H2,1-2H3;1H. The zero-order valence-corrected chi connectivity index (χ0v) is 14.7. The van der Waals surface area contributed by atoms with Gasteiger partial charge in [0.2, 0.25) is 0 Å². The van der Waals surface area contributed by atoms with Crippen LogP contribution in [0.5, 0.6) is 0 Å². The maximum atomic E-state index is 3.81. The topological polar surface area (TPSA) is 17.0 Å². The third kappa shape index (κ3) is 3.85.